The van der Waals surface area contributed by atoms with E-state index in [1.807, 2.05) is 37.3 Å². The summed E-state index contributed by atoms with van der Waals surface area (Å²) >= 11 is 0. The standard InChI is InChI=1S/C29H23N3O/c1-18-22-14-15-24-27(20-9-3-2-4-10-20)31-32(28(24)25(22)16-21(17-30)29(18)33)26-13-7-11-19-8-5-6-12-23(19)26/h2-13,16,18,22,25H,14-15H2,1H3. The van der Waals surface area contributed by atoms with Crippen molar-refractivity contribution in [3.63, 3.8) is 0 Å². The first kappa shape index (κ1) is 19.7. The first-order valence-electron chi connectivity index (χ1n) is 11.5. The number of carbonyl (C=O) groups excluding carboxylic acids is 1. The van der Waals surface area contributed by atoms with Crippen molar-refractivity contribution in [2.45, 2.75) is 25.7 Å². The van der Waals surface area contributed by atoms with Crippen molar-refractivity contribution in [3.8, 4) is 23.0 Å². The van der Waals surface area contributed by atoms with Crippen molar-refractivity contribution in [2.75, 3.05) is 0 Å². The van der Waals surface area contributed by atoms with E-state index < -0.39 is 0 Å². The van der Waals surface area contributed by atoms with Gasteiger partial charge in [0.1, 0.15) is 6.07 Å². The van der Waals surface area contributed by atoms with Gasteiger partial charge in [-0.2, -0.15) is 10.4 Å². The van der Waals surface area contributed by atoms with Gasteiger partial charge in [0, 0.05) is 28.3 Å². The summed E-state index contributed by atoms with van der Waals surface area (Å²) in [5, 5.41) is 17.2. The zero-order valence-corrected chi connectivity index (χ0v) is 18.4. The van der Waals surface area contributed by atoms with E-state index in [1.54, 1.807) is 0 Å². The maximum atomic E-state index is 12.8. The SMILES string of the molecule is CC1C(=O)C(C#N)=CC2c3c(c(-c4ccccc4)nn3-c3cccc4ccccc34)CCC12. The molecule has 3 atom stereocenters. The summed E-state index contributed by atoms with van der Waals surface area (Å²) in [6.07, 6.45) is 3.70. The molecule has 4 heteroatoms. The van der Waals surface area contributed by atoms with Gasteiger partial charge in [0.2, 0.25) is 0 Å². The number of aromatic nitrogens is 2. The summed E-state index contributed by atoms with van der Waals surface area (Å²) in [6, 6.07) is 27.1. The average molecular weight is 430 g/mol. The second-order valence-corrected chi connectivity index (χ2v) is 9.06. The van der Waals surface area contributed by atoms with Gasteiger partial charge < -0.3 is 0 Å². The molecule has 33 heavy (non-hydrogen) atoms. The lowest BCUT2D eigenvalue weighted by Gasteiger charge is -2.37. The van der Waals surface area contributed by atoms with Gasteiger partial charge in [0.25, 0.3) is 0 Å². The Labute approximate surface area is 192 Å². The molecular weight excluding hydrogens is 406 g/mol. The predicted octanol–water partition coefficient (Wildman–Crippen LogP) is 6.01. The number of hydrogen-bond donors (Lipinski definition) is 0. The lowest BCUT2D eigenvalue weighted by atomic mass is 9.66. The largest absolute Gasteiger partial charge is 0.293 e. The fraction of sp³-hybridized carbons (Fsp3) is 0.207. The molecule has 0 saturated heterocycles. The molecule has 0 amide bonds. The molecule has 0 spiro atoms. The van der Waals surface area contributed by atoms with E-state index in [4.69, 9.17) is 5.10 Å². The molecule has 6 rings (SSSR count). The number of nitrogens with zero attached hydrogens (tertiary/aromatic N) is 3. The molecule has 0 bridgehead atoms. The molecule has 2 aliphatic rings. The number of carbonyl (C=O) groups is 1. The Morgan fingerprint density at radius 1 is 1.00 bits per heavy atom. The van der Waals surface area contributed by atoms with Crippen LogP contribution in [-0.4, -0.2) is 15.6 Å². The third-order valence-corrected chi connectivity index (χ3v) is 7.36. The number of nitriles is 1. The van der Waals surface area contributed by atoms with Crippen molar-refractivity contribution in [2.24, 2.45) is 11.8 Å². The first-order valence-corrected chi connectivity index (χ1v) is 11.5. The number of rotatable bonds is 2. The van der Waals surface area contributed by atoms with Crippen LogP contribution in [0.3, 0.4) is 0 Å². The van der Waals surface area contributed by atoms with Gasteiger partial charge in [-0.05, 0) is 30.2 Å². The maximum absolute atomic E-state index is 12.8. The van der Waals surface area contributed by atoms with Crippen molar-refractivity contribution in [1.29, 1.82) is 5.26 Å². The van der Waals surface area contributed by atoms with Crippen LogP contribution in [0.1, 0.15) is 30.5 Å². The molecule has 2 aliphatic carbocycles. The van der Waals surface area contributed by atoms with E-state index in [2.05, 4.69) is 59.3 Å². The van der Waals surface area contributed by atoms with E-state index in [0.717, 1.165) is 46.3 Å². The van der Waals surface area contributed by atoms with Gasteiger partial charge in [-0.1, -0.05) is 79.7 Å². The Balaban J connectivity index is 1.67. The first-order chi connectivity index (χ1) is 16.2. The van der Waals surface area contributed by atoms with Crippen LogP contribution in [0.25, 0.3) is 27.7 Å². The number of hydrogen-bond acceptors (Lipinski definition) is 3. The summed E-state index contributed by atoms with van der Waals surface area (Å²) in [5.74, 6) is -0.0308. The second kappa shape index (κ2) is 7.56. The van der Waals surface area contributed by atoms with Gasteiger partial charge in [-0.25, -0.2) is 4.68 Å². The lowest BCUT2D eigenvalue weighted by Crippen LogP contribution is -2.35. The highest BCUT2D eigenvalue weighted by molar-refractivity contribution is 6.02. The van der Waals surface area contributed by atoms with Crippen molar-refractivity contribution >= 4 is 16.6 Å². The predicted molar refractivity (Wildman–Crippen MR) is 129 cm³/mol. The maximum Gasteiger partial charge on any atom is 0.176 e. The molecule has 0 fully saturated rings. The third-order valence-electron chi connectivity index (χ3n) is 7.36. The zero-order chi connectivity index (χ0) is 22.5. The van der Waals surface area contributed by atoms with Crippen LogP contribution in [0.4, 0.5) is 0 Å². The van der Waals surface area contributed by atoms with Crippen molar-refractivity contribution in [3.05, 3.63) is 95.7 Å². The van der Waals surface area contributed by atoms with Gasteiger partial charge in [0.05, 0.1) is 22.6 Å². The molecule has 0 aliphatic heterocycles. The summed E-state index contributed by atoms with van der Waals surface area (Å²) in [6.45, 7) is 1.98. The van der Waals surface area contributed by atoms with E-state index in [9.17, 15) is 10.1 Å². The molecule has 1 aromatic heterocycles. The van der Waals surface area contributed by atoms with Gasteiger partial charge in [-0.15, -0.1) is 0 Å². The molecule has 4 nitrogen and oxygen atoms in total. The van der Waals surface area contributed by atoms with Crippen molar-refractivity contribution in [1.82, 2.24) is 9.78 Å². The van der Waals surface area contributed by atoms with Crippen molar-refractivity contribution < 1.29 is 4.79 Å². The highest BCUT2D eigenvalue weighted by Crippen LogP contribution is 2.48. The number of Topliss-reactive ketones (excluding diaryl/α,β-unsaturated/α-hetero) is 1. The van der Waals surface area contributed by atoms with Crippen LogP contribution in [0.15, 0.2) is 84.4 Å². The van der Waals surface area contributed by atoms with Crippen LogP contribution in [-0.2, 0) is 11.2 Å². The summed E-state index contributed by atoms with van der Waals surface area (Å²) in [7, 11) is 0. The smallest absolute Gasteiger partial charge is 0.176 e. The van der Waals surface area contributed by atoms with E-state index in [1.165, 1.54) is 5.56 Å². The molecule has 0 saturated carbocycles. The Bertz CT molecular complexity index is 1470. The Kier molecular flexibility index (Phi) is 4.52. The number of ketones is 1. The normalized spacial score (nSPS) is 21.8. The monoisotopic (exact) mass is 429 g/mol. The Hall–Kier alpha value is -3.97. The highest BCUT2D eigenvalue weighted by atomic mass is 16.1. The number of benzene rings is 3. The quantitative estimate of drug-likeness (QED) is 0.392. The molecule has 3 aromatic carbocycles. The number of allylic oxidation sites excluding steroid dienone is 2. The Morgan fingerprint density at radius 3 is 2.58 bits per heavy atom. The van der Waals surface area contributed by atoms with Gasteiger partial charge >= 0.3 is 0 Å². The minimum Gasteiger partial charge on any atom is -0.293 e. The van der Waals surface area contributed by atoms with Gasteiger partial charge in [0.15, 0.2) is 5.78 Å². The summed E-state index contributed by atoms with van der Waals surface area (Å²) in [5.41, 5.74) is 5.75. The molecule has 0 N–H and O–H groups in total. The zero-order valence-electron chi connectivity index (χ0n) is 18.4. The number of fused-ring (bicyclic) bond motifs is 4. The molecule has 4 aromatic rings. The van der Waals surface area contributed by atoms with Crippen LogP contribution in [0.5, 0.6) is 0 Å². The minimum atomic E-state index is -0.168. The molecule has 3 unspecified atom stereocenters. The van der Waals surface area contributed by atoms with Crippen LogP contribution >= 0.6 is 0 Å². The third kappa shape index (κ3) is 2.97. The molecule has 160 valence electrons. The van der Waals surface area contributed by atoms with E-state index >= 15 is 0 Å². The molecular formula is C29H23N3O. The summed E-state index contributed by atoms with van der Waals surface area (Å²) < 4.78 is 2.09. The summed E-state index contributed by atoms with van der Waals surface area (Å²) in [4.78, 5) is 12.8. The Morgan fingerprint density at radius 2 is 1.76 bits per heavy atom. The second-order valence-electron chi connectivity index (χ2n) is 9.06. The minimum absolute atomic E-state index is 0.0139. The highest BCUT2D eigenvalue weighted by Gasteiger charge is 2.43. The van der Waals surface area contributed by atoms with Gasteiger partial charge in [-0.3, -0.25) is 4.79 Å². The van der Waals surface area contributed by atoms with E-state index in [0.29, 0.717) is 0 Å². The molecule has 0 radical (unpaired) electrons. The average Bonchev–Trinajstić information content (AvgIpc) is 3.26. The van der Waals surface area contributed by atoms with Crippen LogP contribution in [0.2, 0.25) is 0 Å². The van der Waals surface area contributed by atoms with Crippen LogP contribution in [0, 0.1) is 23.2 Å². The van der Waals surface area contributed by atoms with Crippen LogP contribution < -0.4 is 0 Å². The lowest BCUT2D eigenvalue weighted by molar-refractivity contribution is -0.120. The fourth-order valence-electron chi connectivity index (χ4n) is 5.71. The molecule has 1 heterocycles. The topological polar surface area (TPSA) is 58.7 Å². The van der Waals surface area contributed by atoms with E-state index in [-0.39, 0.29) is 29.1 Å². The fourth-order valence-corrected chi connectivity index (χ4v) is 5.71.